The molecule has 2 N–H and O–H groups in total. The summed E-state index contributed by atoms with van der Waals surface area (Å²) < 4.78 is 10.7. The molecule has 3 aromatic rings. The summed E-state index contributed by atoms with van der Waals surface area (Å²) in [4.78, 5) is 40.9. The van der Waals surface area contributed by atoms with E-state index >= 15 is 0 Å². The van der Waals surface area contributed by atoms with Crippen molar-refractivity contribution in [2.75, 3.05) is 11.4 Å². The van der Waals surface area contributed by atoms with Gasteiger partial charge in [-0.2, -0.15) is 0 Å². The minimum absolute atomic E-state index is 0.0613. The number of anilines is 1. The number of rotatable bonds is 8. The zero-order chi connectivity index (χ0) is 23.9. The van der Waals surface area contributed by atoms with E-state index in [1.54, 1.807) is 24.3 Å². The average molecular weight is 464 g/mol. The van der Waals surface area contributed by atoms with Crippen LogP contribution in [0.2, 0.25) is 0 Å². The second-order valence-electron chi connectivity index (χ2n) is 8.47. The van der Waals surface area contributed by atoms with E-state index in [0.717, 1.165) is 37.7 Å². The number of amides is 3. The molecule has 0 bridgehead atoms. The Bertz CT molecular complexity index is 1100. The van der Waals surface area contributed by atoms with Crippen LogP contribution in [0.1, 0.15) is 60.0 Å². The summed E-state index contributed by atoms with van der Waals surface area (Å²) in [6.45, 7) is 1.55. The molecule has 1 atom stereocenters. The summed E-state index contributed by atoms with van der Waals surface area (Å²) in [5.41, 5.74) is 1.38. The molecule has 1 aromatic carbocycles. The third-order valence-corrected chi connectivity index (χ3v) is 6.06. The first-order chi connectivity index (χ1) is 16.5. The van der Waals surface area contributed by atoms with Crippen molar-refractivity contribution < 1.29 is 23.2 Å². The van der Waals surface area contributed by atoms with Gasteiger partial charge in [0.15, 0.2) is 11.8 Å². The number of benzene rings is 1. The van der Waals surface area contributed by atoms with Gasteiger partial charge in [-0.3, -0.25) is 19.3 Å². The molecule has 0 aliphatic heterocycles. The molecule has 1 saturated carbocycles. The fourth-order valence-electron chi connectivity index (χ4n) is 4.33. The van der Waals surface area contributed by atoms with Crippen LogP contribution in [-0.4, -0.2) is 30.3 Å². The van der Waals surface area contributed by atoms with Crippen LogP contribution in [0.3, 0.4) is 0 Å². The maximum atomic E-state index is 13.6. The highest BCUT2D eigenvalue weighted by Gasteiger charge is 2.36. The number of carbonyl (C=O) groups is 3. The monoisotopic (exact) mass is 463 g/mol. The Balaban J connectivity index is 1.64. The first kappa shape index (κ1) is 23.4. The third-order valence-electron chi connectivity index (χ3n) is 6.06. The maximum Gasteiger partial charge on any atom is 0.287 e. The van der Waals surface area contributed by atoms with Crippen LogP contribution in [0.15, 0.2) is 69.9 Å². The molecule has 8 nitrogen and oxygen atoms in total. The van der Waals surface area contributed by atoms with Crippen LogP contribution in [0.5, 0.6) is 0 Å². The number of carbonyl (C=O) groups excluding carboxylic acids is 3. The van der Waals surface area contributed by atoms with Crippen molar-refractivity contribution >= 4 is 23.4 Å². The lowest BCUT2D eigenvalue weighted by Crippen LogP contribution is -2.49. The molecule has 1 fully saturated rings. The number of para-hydroxylation sites is 1. The Kier molecular flexibility index (Phi) is 7.47. The van der Waals surface area contributed by atoms with Gasteiger partial charge in [0, 0.05) is 11.7 Å². The molecule has 8 heteroatoms. The quantitative estimate of drug-likeness (QED) is 0.523. The average Bonchev–Trinajstić information content (AvgIpc) is 3.57. The van der Waals surface area contributed by atoms with E-state index in [4.69, 9.17) is 8.83 Å². The smallest absolute Gasteiger partial charge is 0.287 e. The van der Waals surface area contributed by atoms with Crippen molar-refractivity contribution in [1.29, 1.82) is 0 Å². The molecule has 0 spiro atoms. The number of hydrogen-bond acceptors (Lipinski definition) is 5. The molecule has 3 amide bonds. The summed E-state index contributed by atoms with van der Waals surface area (Å²) in [6, 6.07) is 12.9. The second kappa shape index (κ2) is 10.9. The van der Waals surface area contributed by atoms with Gasteiger partial charge in [-0.05, 0) is 55.7 Å². The molecule has 34 heavy (non-hydrogen) atoms. The van der Waals surface area contributed by atoms with Crippen LogP contribution in [0.25, 0.3) is 0 Å². The Morgan fingerprint density at radius 2 is 1.71 bits per heavy atom. The van der Waals surface area contributed by atoms with E-state index in [2.05, 4.69) is 10.6 Å². The Morgan fingerprint density at radius 3 is 2.38 bits per heavy atom. The number of nitrogens with zero attached hydrogens (tertiary/aromatic N) is 1. The van der Waals surface area contributed by atoms with Gasteiger partial charge in [-0.25, -0.2) is 0 Å². The second-order valence-corrected chi connectivity index (χ2v) is 8.47. The molecular formula is C26H29N3O5. The largest absolute Gasteiger partial charge is 0.467 e. The Morgan fingerprint density at radius 1 is 0.971 bits per heavy atom. The van der Waals surface area contributed by atoms with E-state index in [1.165, 1.54) is 23.5 Å². The van der Waals surface area contributed by atoms with Gasteiger partial charge < -0.3 is 19.5 Å². The van der Waals surface area contributed by atoms with E-state index < -0.39 is 17.9 Å². The standard InChI is InChI=1S/C26H29N3O5/c1-18-9-5-6-12-20(18)29(23(30)17-27-25(31)22-14-8-16-34-22)24(21-13-7-15-33-21)26(32)28-19-10-3-2-4-11-19/h5-9,12-16,19,24H,2-4,10-11,17H2,1H3,(H,27,31)(H,28,32)/t24-/m0/s1. The lowest BCUT2D eigenvalue weighted by molar-refractivity contribution is -0.127. The maximum absolute atomic E-state index is 13.6. The lowest BCUT2D eigenvalue weighted by Gasteiger charge is -2.33. The molecule has 0 saturated heterocycles. The van der Waals surface area contributed by atoms with E-state index in [0.29, 0.717) is 11.4 Å². The van der Waals surface area contributed by atoms with Crippen molar-refractivity contribution in [2.45, 2.75) is 51.1 Å². The van der Waals surface area contributed by atoms with Gasteiger partial charge in [0.1, 0.15) is 5.76 Å². The zero-order valence-electron chi connectivity index (χ0n) is 19.2. The molecule has 1 aliphatic carbocycles. The van der Waals surface area contributed by atoms with Crippen LogP contribution in [0, 0.1) is 6.92 Å². The molecule has 4 rings (SSSR count). The summed E-state index contributed by atoms with van der Waals surface area (Å²) >= 11 is 0. The summed E-state index contributed by atoms with van der Waals surface area (Å²) in [5, 5.41) is 5.71. The van der Waals surface area contributed by atoms with Gasteiger partial charge in [-0.1, -0.05) is 37.5 Å². The van der Waals surface area contributed by atoms with Crippen LogP contribution >= 0.6 is 0 Å². The van der Waals surface area contributed by atoms with Gasteiger partial charge in [0.05, 0.1) is 19.1 Å². The highest BCUT2D eigenvalue weighted by Crippen LogP contribution is 2.31. The zero-order valence-corrected chi connectivity index (χ0v) is 19.2. The fraction of sp³-hybridized carbons (Fsp3) is 0.346. The number of furan rings is 2. The summed E-state index contributed by atoms with van der Waals surface area (Å²) in [5.74, 6) is -0.815. The van der Waals surface area contributed by atoms with Crippen LogP contribution in [0.4, 0.5) is 5.69 Å². The van der Waals surface area contributed by atoms with E-state index in [1.807, 2.05) is 25.1 Å². The number of nitrogens with one attached hydrogen (secondary N) is 2. The van der Waals surface area contributed by atoms with E-state index in [9.17, 15) is 14.4 Å². The van der Waals surface area contributed by atoms with Crippen molar-refractivity contribution in [3.05, 3.63) is 78.1 Å². The SMILES string of the molecule is Cc1ccccc1N(C(=O)CNC(=O)c1ccco1)[C@H](C(=O)NC1CCCCC1)c1ccco1. The molecular weight excluding hydrogens is 434 g/mol. The molecule has 178 valence electrons. The number of hydrogen-bond donors (Lipinski definition) is 2. The molecule has 0 unspecified atom stereocenters. The molecule has 0 radical (unpaired) electrons. The molecule has 2 aromatic heterocycles. The topological polar surface area (TPSA) is 105 Å². The minimum atomic E-state index is -1.02. The van der Waals surface area contributed by atoms with Gasteiger partial charge in [0.25, 0.3) is 11.8 Å². The first-order valence-electron chi connectivity index (χ1n) is 11.6. The van der Waals surface area contributed by atoms with Crippen molar-refractivity contribution in [1.82, 2.24) is 10.6 Å². The molecule has 1 aliphatic rings. The highest BCUT2D eigenvalue weighted by molar-refractivity contribution is 6.04. The van der Waals surface area contributed by atoms with Crippen molar-refractivity contribution in [2.24, 2.45) is 0 Å². The highest BCUT2D eigenvalue weighted by atomic mass is 16.3. The van der Waals surface area contributed by atoms with E-state index in [-0.39, 0.29) is 24.3 Å². The lowest BCUT2D eigenvalue weighted by atomic mass is 9.95. The Hall–Kier alpha value is -3.81. The normalized spacial score (nSPS) is 14.9. The molecule has 2 heterocycles. The van der Waals surface area contributed by atoms with Crippen molar-refractivity contribution in [3.8, 4) is 0 Å². The van der Waals surface area contributed by atoms with Gasteiger partial charge in [0.2, 0.25) is 5.91 Å². The third kappa shape index (κ3) is 5.39. The van der Waals surface area contributed by atoms with Gasteiger partial charge >= 0.3 is 0 Å². The Labute approximate surface area is 198 Å². The fourth-order valence-corrected chi connectivity index (χ4v) is 4.33. The first-order valence-corrected chi connectivity index (χ1v) is 11.6. The number of aryl methyl sites for hydroxylation is 1. The minimum Gasteiger partial charge on any atom is -0.467 e. The van der Waals surface area contributed by atoms with Gasteiger partial charge in [-0.15, -0.1) is 0 Å². The summed E-state index contributed by atoms with van der Waals surface area (Å²) in [7, 11) is 0. The predicted molar refractivity (Wildman–Crippen MR) is 126 cm³/mol. The van der Waals surface area contributed by atoms with Crippen LogP contribution < -0.4 is 15.5 Å². The summed E-state index contributed by atoms with van der Waals surface area (Å²) in [6.07, 6.45) is 7.99. The predicted octanol–water partition coefficient (Wildman–Crippen LogP) is 4.13. The van der Waals surface area contributed by atoms with Crippen molar-refractivity contribution in [3.63, 3.8) is 0 Å². The van der Waals surface area contributed by atoms with Crippen LogP contribution in [-0.2, 0) is 9.59 Å².